The van der Waals surface area contributed by atoms with E-state index in [0.29, 0.717) is 31.6 Å². The molecular weight excluding hydrogens is 364 g/mol. The SMILES string of the molecule is O=C(O)C=Cc1cc2ncnc(NC(=O)Nc3ccccc3Cl)c2s1. The van der Waals surface area contributed by atoms with Gasteiger partial charge in [0.2, 0.25) is 0 Å². The standard InChI is InChI=1S/C16H11ClN4O3S/c17-10-3-1-2-4-11(10)20-16(24)21-15-14-12(18-8-19-15)7-9(25-14)5-6-13(22)23/h1-8H,(H,22,23)(H2,18,19,20,21,24). The lowest BCUT2D eigenvalue weighted by Gasteiger charge is -2.08. The van der Waals surface area contributed by atoms with E-state index in [4.69, 9.17) is 16.7 Å². The molecule has 2 aromatic heterocycles. The molecule has 0 bridgehead atoms. The van der Waals surface area contributed by atoms with Crippen molar-refractivity contribution in [3.63, 3.8) is 0 Å². The van der Waals surface area contributed by atoms with Crippen LogP contribution in [0.25, 0.3) is 16.3 Å². The quantitative estimate of drug-likeness (QED) is 0.597. The van der Waals surface area contributed by atoms with Crippen molar-refractivity contribution in [1.82, 2.24) is 9.97 Å². The van der Waals surface area contributed by atoms with E-state index in [0.717, 1.165) is 6.08 Å². The van der Waals surface area contributed by atoms with Crippen LogP contribution < -0.4 is 10.6 Å². The fourth-order valence-electron chi connectivity index (χ4n) is 2.02. The molecule has 25 heavy (non-hydrogen) atoms. The van der Waals surface area contributed by atoms with Crippen LogP contribution in [0.4, 0.5) is 16.3 Å². The number of hydrogen-bond acceptors (Lipinski definition) is 5. The number of nitrogens with zero attached hydrogens (tertiary/aromatic N) is 2. The van der Waals surface area contributed by atoms with Gasteiger partial charge in [0.1, 0.15) is 6.33 Å². The number of thiophene rings is 1. The number of amides is 2. The van der Waals surface area contributed by atoms with Gasteiger partial charge >= 0.3 is 12.0 Å². The van der Waals surface area contributed by atoms with Crippen molar-refractivity contribution >= 4 is 62.7 Å². The molecule has 0 atom stereocenters. The number of aliphatic carboxylic acids is 1. The average Bonchev–Trinajstić information content (AvgIpc) is 2.99. The first-order valence-corrected chi connectivity index (χ1v) is 8.20. The van der Waals surface area contributed by atoms with Gasteiger partial charge in [0.15, 0.2) is 5.82 Å². The monoisotopic (exact) mass is 374 g/mol. The number of para-hydroxylation sites is 1. The van der Waals surface area contributed by atoms with E-state index in [1.165, 1.54) is 23.7 Å². The summed E-state index contributed by atoms with van der Waals surface area (Å²) in [6.07, 6.45) is 3.82. The lowest BCUT2D eigenvalue weighted by molar-refractivity contribution is -0.131. The molecular formula is C16H11ClN4O3S. The highest BCUT2D eigenvalue weighted by molar-refractivity contribution is 7.20. The van der Waals surface area contributed by atoms with Gasteiger partial charge in [-0.25, -0.2) is 19.6 Å². The molecule has 0 radical (unpaired) electrons. The summed E-state index contributed by atoms with van der Waals surface area (Å²) in [6, 6.07) is 8.09. The molecule has 3 rings (SSSR count). The van der Waals surface area contributed by atoms with E-state index in [1.54, 1.807) is 30.3 Å². The van der Waals surface area contributed by atoms with Crippen LogP contribution in [0, 0.1) is 0 Å². The first-order chi connectivity index (χ1) is 12.0. The fraction of sp³-hybridized carbons (Fsp3) is 0. The molecule has 3 aromatic rings. The van der Waals surface area contributed by atoms with Gasteiger partial charge in [-0.1, -0.05) is 23.7 Å². The summed E-state index contributed by atoms with van der Waals surface area (Å²) in [5.41, 5.74) is 1.08. The Hall–Kier alpha value is -2.97. The van der Waals surface area contributed by atoms with Crippen LogP contribution in [0.2, 0.25) is 5.02 Å². The molecule has 2 amide bonds. The number of urea groups is 1. The topological polar surface area (TPSA) is 104 Å². The minimum Gasteiger partial charge on any atom is -0.478 e. The zero-order valence-electron chi connectivity index (χ0n) is 12.6. The zero-order chi connectivity index (χ0) is 17.8. The number of carbonyl (C=O) groups is 2. The second kappa shape index (κ2) is 7.29. The van der Waals surface area contributed by atoms with Gasteiger partial charge in [-0.05, 0) is 24.3 Å². The number of anilines is 2. The molecule has 0 saturated heterocycles. The number of halogens is 1. The van der Waals surface area contributed by atoms with Gasteiger partial charge < -0.3 is 10.4 Å². The average molecular weight is 375 g/mol. The van der Waals surface area contributed by atoms with E-state index in [2.05, 4.69) is 20.6 Å². The molecule has 0 aliphatic heterocycles. The molecule has 0 unspecified atom stereocenters. The Labute approximate surface area is 151 Å². The van der Waals surface area contributed by atoms with Crippen molar-refractivity contribution in [1.29, 1.82) is 0 Å². The highest BCUT2D eigenvalue weighted by atomic mass is 35.5. The van der Waals surface area contributed by atoms with Gasteiger partial charge in [0, 0.05) is 11.0 Å². The number of carboxylic acid groups (broad SMARTS) is 1. The predicted octanol–water partition coefficient (Wildman–Crippen LogP) is 4.09. The van der Waals surface area contributed by atoms with E-state index >= 15 is 0 Å². The van der Waals surface area contributed by atoms with Crippen molar-refractivity contribution in [2.24, 2.45) is 0 Å². The van der Waals surface area contributed by atoms with E-state index in [9.17, 15) is 9.59 Å². The molecule has 126 valence electrons. The molecule has 0 aliphatic carbocycles. The van der Waals surface area contributed by atoms with Crippen LogP contribution in [-0.2, 0) is 4.79 Å². The third-order valence-corrected chi connectivity index (χ3v) is 4.50. The Kier molecular flexibility index (Phi) is 4.92. The van der Waals surface area contributed by atoms with E-state index in [1.807, 2.05) is 0 Å². The lowest BCUT2D eigenvalue weighted by Crippen LogP contribution is -2.20. The smallest absolute Gasteiger partial charge is 0.328 e. The van der Waals surface area contributed by atoms with Crippen LogP contribution in [0.5, 0.6) is 0 Å². The summed E-state index contributed by atoms with van der Waals surface area (Å²) in [7, 11) is 0. The van der Waals surface area contributed by atoms with Crippen molar-refractivity contribution in [2.45, 2.75) is 0 Å². The molecule has 0 saturated carbocycles. The van der Waals surface area contributed by atoms with Crippen molar-refractivity contribution in [2.75, 3.05) is 10.6 Å². The van der Waals surface area contributed by atoms with Crippen LogP contribution in [0.3, 0.4) is 0 Å². The van der Waals surface area contributed by atoms with Crippen LogP contribution in [0.1, 0.15) is 4.88 Å². The number of carboxylic acids is 1. The van der Waals surface area contributed by atoms with Crippen molar-refractivity contribution < 1.29 is 14.7 Å². The predicted molar refractivity (Wildman–Crippen MR) is 98.2 cm³/mol. The summed E-state index contributed by atoms with van der Waals surface area (Å²) >= 11 is 7.28. The summed E-state index contributed by atoms with van der Waals surface area (Å²) in [5.74, 6) is -0.712. The largest absolute Gasteiger partial charge is 0.478 e. The minimum absolute atomic E-state index is 0.328. The summed E-state index contributed by atoms with van der Waals surface area (Å²) in [5, 5.41) is 14.4. The van der Waals surface area contributed by atoms with Gasteiger partial charge in [0.25, 0.3) is 0 Å². The number of aromatic nitrogens is 2. The number of hydrogen-bond donors (Lipinski definition) is 3. The first kappa shape index (κ1) is 16.9. The maximum absolute atomic E-state index is 12.2. The minimum atomic E-state index is -1.04. The van der Waals surface area contributed by atoms with Crippen LogP contribution >= 0.6 is 22.9 Å². The maximum Gasteiger partial charge on any atom is 0.328 e. The molecule has 1 aromatic carbocycles. The van der Waals surface area contributed by atoms with Gasteiger partial charge in [-0.3, -0.25) is 5.32 Å². The van der Waals surface area contributed by atoms with Crippen LogP contribution in [-0.4, -0.2) is 27.1 Å². The Morgan fingerprint density at radius 2 is 2.00 bits per heavy atom. The molecule has 0 spiro atoms. The maximum atomic E-state index is 12.2. The zero-order valence-corrected chi connectivity index (χ0v) is 14.1. The molecule has 3 N–H and O–H groups in total. The molecule has 9 heteroatoms. The molecule has 0 aliphatic rings. The number of nitrogens with one attached hydrogen (secondary N) is 2. The number of rotatable bonds is 4. The van der Waals surface area contributed by atoms with Crippen molar-refractivity contribution in [3.8, 4) is 0 Å². The number of fused-ring (bicyclic) bond motifs is 1. The normalized spacial score (nSPS) is 10.9. The Morgan fingerprint density at radius 1 is 1.20 bits per heavy atom. The number of benzene rings is 1. The van der Waals surface area contributed by atoms with Gasteiger partial charge in [-0.15, -0.1) is 11.3 Å². The highest BCUT2D eigenvalue weighted by Crippen LogP contribution is 2.30. The lowest BCUT2D eigenvalue weighted by atomic mass is 10.3. The third-order valence-electron chi connectivity index (χ3n) is 3.07. The fourth-order valence-corrected chi connectivity index (χ4v) is 3.16. The first-order valence-electron chi connectivity index (χ1n) is 7.01. The Bertz CT molecular complexity index is 986. The Balaban J connectivity index is 1.82. The Morgan fingerprint density at radius 3 is 2.76 bits per heavy atom. The summed E-state index contributed by atoms with van der Waals surface area (Å²) in [4.78, 5) is 31.7. The third kappa shape index (κ3) is 4.11. The van der Waals surface area contributed by atoms with E-state index in [-0.39, 0.29) is 0 Å². The highest BCUT2D eigenvalue weighted by Gasteiger charge is 2.12. The van der Waals surface area contributed by atoms with Gasteiger partial charge in [-0.2, -0.15) is 0 Å². The second-order valence-corrected chi connectivity index (χ2v) is 6.31. The molecule has 0 fully saturated rings. The summed E-state index contributed by atoms with van der Waals surface area (Å²) in [6.45, 7) is 0. The van der Waals surface area contributed by atoms with Crippen LogP contribution in [0.15, 0.2) is 42.7 Å². The second-order valence-electron chi connectivity index (χ2n) is 4.82. The molecule has 7 nitrogen and oxygen atoms in total. The summed E-state index contributed by atoms with van der Waals surface area (Å²) < 4.78 is 0.641. The van der Waals surface area contributed by atoms with E-state index < -0.39 is 12.0 Å². The number of carbonyl (C=O) groups excluding carboxylic acids is 1. The van der Waals surface area contributed by atoms with Gasteiger partial charge in [0.05, 0.1) is 20.9 Å². The van der Waals surface area contributed by atoms with Crippen molar-refractivity contribution in [3.05, 3.63) is 52.6 Å². The molecule has 2 heterocycles.